The topological polar surface area (TPSA) is 50.3 Å². The Morgan fingerprint density at radius 1 is 1.08 bits per heavy atom. The normalized spacial score (nSPS) is 17.3. The van der Waals surface area contributed by atoms with Crippen molar-refractivity contribution >= 4 is 32.3 Å². The molecule has 24 heavy (non-hydrogen) atoms. The predicted octanol–water partition coefficient (Wildman–Crippen LogP) is 3.86. The molecule has 3 aromatic rings. The maximum atomic E-state index is 13.1. The Kier molecular flexibility index (Phi) is 4.12. The quantitative estimate of drug-likeness (QED) is 0.714. The van der Waals surface area contributed by atoms with Crippen LogP contribution in [0.3, 0.4) is 0 Å². The van der Waals surface area contributed by atoms with Gasteiger partial charge in [0.15, 0.2) is 0 Å². The van der Waals surface area contributed by atoms with E-state index in [9.17, 15) is 8.42 Å². The van der Waals surface area contributed by atoms with Crippen molar-refractivity contribution in [2.24, 2.45) is 0 Å². The smallest absolute Gasteiger partial charge is 0.245 e. The number of hydrogen-bond acceptors (Lipinski definition) is 4. The minimum Gasteiger partial charge on any atom is -0.255 e. The van der Waals surface area contributed by atoms with Gasteiger partial charge in [0, 0.05) is 24.7 Å². The van der Waals surface area contributed by atoms with E-state index in [-0.39, 0.29) is 0 Å². The minimum absolute atomic E-state index is 0.314. The summed E-state index contributed by atoms with van der Waals surface area (Å²) >= 11 is 1.70. The van der Waals surface area contributed by atoms with Crippen LogP contribution in [0.5, 0.6) is 0 Å². The van der Waals surface area contributed by atoms with Gasteiger partial charge in [-0.2, -0.15) is 15.6 Å². The molecule has 0 amide bonds. The molecule has 3 heterocycles. The molecule has 0 unspecified atom stereocenters. The first-order valence-corrected chi connectivity index (χ1v) is 10.4. The van der Waals surface area contributed by atoms with E-state index in [0.29, 0.717) is 29.4 Å². The molecular weight excluding hydrogens is 340 g/mol. The van der Waals surface area contributed by atoms with E-state index in [1.165, 1.54) is 5.56 Å². The molecule has 4 nitrogen and oxygen atoms in total. The van der Waals surface area contributed by atoms with E-state index < -0.39 is 10.0 Å². The summed E-state index contributed by atoms with van der Waals surface area (Å²) in [4.78, 5) is 4.61. The van der Waals surface area contributed by atoms with Gasteiger partial charge in [-0.1, -0.05) is 18.2 Å². The molecule has 0 N–H and O–H groups in total. The summed E-state index contributed by atoms with van der Waals surface area (Å²) in [5.74, 6) is 0.466. The molecule has 124 valence electrons. The second-order valence-corrected chi connectivity index (χ2v) is 8.75. The highest BCUT2D eigenvalue weighted by Crippen LogP contribution is 2.32. The Hall–Kier alpha value is -1.76. The fraction of sp³-hybridized carbons (Fsp3) is 0.278. The Labute approximate surface area is 145 Å². The number of nitrogens with zero attached hydrogens (tertiary/aromatic N) is 2. The van der Waals surface area contributed by atoms with E-state index >= 15 is 0 Å². The molecule has 0 spiro atoms. The van der Waals surface area contributed by atoms with Crippen molar-refractivity contribution in [3.8, 4) is 0 Å². The van der Waals surface area contributed by atoms with Crippen LogP contribution in [0.25, 0.3) is 10.9 Å². The van der Waals surface area contributed by atoms with E-state index in [1.54, 1.807) is 34.0 Å². The van der Waals surface area contributed by atoms with Crippen molar-refractivity contribution in [1.29, 1.82) is 0 Å². The third-order valence-corrected chi connectivity index (χ3v) is 7.31. The molecule has 4 rings (SSSR count). The van der Waals surface area contributed by atoms with Gasteiger partial charge in [0.1, 0.15) is 4.90 Å². The van der Waals surface area contributed by atoms with Gasteiger partial charge in [-0.25, -0.2) is 8.42 Å². The number of aromatic nitrogens is 1. The van der Waals surface area contributed by atoms with Crippen molar-refractivity contribution in [1.82, 2.24) is 9.29 Å². The van der Waals surface area contributed by atoms with Crippen LogP contribution in [0.2, 0.25) is 0 Å². The van der Waals surface area contributed by atoms with Crippen LogP contribution in [-0.2, 0) is 10.0 Å². The van der Waals surface area contributed by atoms with Crippen LogP contribution >= 0.6 is 11.3 Å². The maximum absolute atomic E-state index is 13.1. The van der Waals surface area contributed by atoms with Gasteiger partial charge < -0.3 is 0 Å². The Bertz CT molecular complexity index is 939. The second kappa shape index (κ2) is 6.27. The summed E-state index contributed by atoms with van der Waals surface area (Å²) in [5, 5.41) is 5.11. The number of hydrogen-bond donors (Lipinski definition) is 0. The summed E-state index contributed by atoms with van der Waals surface area (Å²) in [6, 6.07) is 11.2. The molecule has 6 heteroatoms. The van der Waals surface area contributed by atoms with Gasteiger partial charge in [-0.3, -0.25) is 4.98 Å². The first-order valence-electron chi connectivity index (χ1n) is 8.02. The highest BCUT2D eigenvalue weighted by molar-refractivity contribution is 7.89. The summed E-state index contributed by atoms with van der Waals surface area (Å²) in [6.45, 7) is 1.12. The van der Waals surface area contributed by atoms with Gasteiger partial charge in [0.05, 0.1) is 5.52 Å². The molecule has 0 atom stereocenters. The molecule has 0 saturated carbocycles. The number of sulfonamides is 1. The number of para-hydroxylation sites is 1. The molecule has 2 aromatic heterocycles. The van der Waals surface area contributed by atoms with Gasteiger partial charge in [-0.15, -0.1) is 0 Å². The minimum atomic E-state index is -3.51. The molecule has 0 aliphatic carbocycles. The van der Waals surface area contributed by atoms with E-state index in [1.807, 2.05) is 18.2 Å². The summed E-state index contributed by atoms with van der Waals surface area (Å²) in [6.07, 6.45) is 3.38. The number of pyridine rings is 1. The highest BCUT2D eigenvalue weighted by atomic mass is 32.2. The third kappa shape index (κ3) is 2.75. The van der Waals surface area contributed by atoms with Crippen LogP contribution in [0.1, 0.15) is 24.3 Å². The van der Waals surface area contributed by atoms with Gasteiger partial charge in [0.2, 0.25) is 10.0 Å². The van der Waals surface area contributed by atoms with Crippen LogP contribution in [0, 0.1) is 0 Å². The van der Waals surface area contributed by atoms with Gasteiger partial charge in [-0.05, 0) is 53.3 Å². The average Bonchev–Trinajstić information content (AvgIpc) is 3.16. The number of benzene rings is 1. The largest absolute Gasteiger partial charge is 0.255 e. The Balaban J connectivity index is 1.62. The third-order valence-electron chi connectivity index (χ3n) is 4.68. The highest BCUT2D eigenvalue weighted by Gasteiger charge is 2.31. The molecule has 0 radical (unpaired) electrons. The monoisotopic (exact) mass is 358 g/mol. The lowest BCUT2D eigenvalue weighted by atomic mass is 9.92. The second-order valence-electron chi connectivity index (χ2n) is 6.07. The predicted molar refractivity (Wildman–Crippen MR) is 96.8 cm³/mol. The van der Waals surface area contributed by atoms with E-state index in [2.05, 4.69) is 21.8 Å². The fourth-order valence-electron chi connectivity index (χ4n) is 3.36. The van der Waals surface area contributed by atoms with E-state index in [0.717, 1.165) is 18.2 Å². The molecule has 1 aliphatic rings. The van der Waals surface area contributed by atoms with E-state index in [4.69, 9.17) is 0 Å². The molecule has 0 bridgehead atoms. The van der Waals surface area contributed by atoms with Crippen molar-refractivity contribution < 1.29 is 8.42 Å². The number of fused-ring (bicyclic) bond motifs is 1. The maximum Gasteiger partial charge on any atom is 0.245 e. The average molecular weight is 358 g/mol. The Morgan fingerprint density at radius 2 is 1.88 bits per heavy atom. The lowest BCUT2D eigenvalue weighted by molar-refractivity contribution is 0.320. The molecule has 1 aromatic carbocycles. The van der Waals surface area contributed by atoms with Gasteiger partial charge >= 0.3 is 0 Å². The first kappa shape index (κ1) is 15.7. The lowest BCUT2D eigenvalue weighted by Gasteiger charge is -2.31. The number of piperidine rings is 1. The van der Waals surface area contributed by atoms with Crippen molar-refractivity contribution in [2.75, 3.05) is 13.1 Å². The zero-order valence-corrected chi connectivity index (χ0v) is 14.8. The molecule has 1 fully saturated rings. The zero-order valence-electron chi connectivity index (χ0n) is 13.1. The van der Waals surface area contributed by atoms with Crippen LogP contribution in [0.15, 0.2) is 58.3 Å². The van der Waals surface area contributed by atoms with Crippen molar-refractivity contribution in [2.45, 2.75) is 23.7 Å². The Morgan fingerprint density at radius 3 is 2.62 bits per heavy atom. The first-order chi connectivity index (χ1) is 11.7. The number of rotatable bonds is 3. The van der Waals surface area contributed by atoms with Crippen LogP contribution in [0.4, 0.5) is 0 Å². The van der Waals surface area contributed by atoms with Crippen LogP contribution in [-0.4, -0.2) is 30.8 Å². The lowest BCUT2D eigenvalue weighted by Crippen LogP contribution is -2.37. The summed E-state index contributed by atoms with van der Waals surface area (Å²) in [5.41, 5.74) is 1.89. The van der Waals surface area contributed by atoms with Crippen LogP contribution < -0.4 is 0 Å². The number of thiophene rings is 1. The SMILES string of the molecule is O=S(=O)(c1cccc2cccnc12)N1CCC(c2ccsc2)CC1. The standard InChI is InChI=1S/C18H18N2O2S2/c21-24(22,17-5-1-3-15-4-2-9-19-18(15)17)20-10-6-14(7-11-20)16-8-12-23-13-16/h1-5,8-9,12-14H,6-7,10-11H2. The fourth-order valence-corrected chi connectivity index (χ4v) is 5.74. The zero-order chi connectivity index (χ0) is 16.6. The molecule has 1 saturated heterocycles. The molecular formula is C18H18N2O2S2. The molecule has 1 aliphatic heterocycles. The summed E-state index contributed by atoms with van der Waals surface area (Å²) < 4.78 is 27.8. The van der Waals surface area contributed by atoms with Crippen molar-refractivity contribution in [3.63, 3.8) is 0 Å². The van der Waals surface area contributed by atoms with Crippen molar-refractivity contribution in [3.05, 3.63) is 58.9 Å². The summed E-state index contributed by atoms with van der Waals surface area (Å²) in [7, 11) is -3.51. The van der Waals surface area contributed by atoms with Gasteiger partial charge in [0.25, 0.3) is 0 Å².